The molecule has 0 unspecified atom stereocenters. The second-order valence-corrected chi connectivity index (χ2v) is 7.42. The van der Waals surface area contributed by atoms with Crippen LogP contribution in [0.3, 0.4) is 0 Å². The largest absolute Gasteiger partial charge is 0.326 e. The third-order valence-corrected chi connectivity index (χ3v) is 4.81. The predicted molar refractivity (Wildman–Crippen MR) is 88.6 cm³/mol. The molecular formula is C16H26BrN3. The fourth-order valence-electron chi connectivity index (χ4n) is 2.66. The Hall–Kier alpha value is -0.420. The number of halogens is 1. The molecule has 1 heterocycles. The van der Waals surface area contributed by atoms with Gasteiger partial charge in [0.2, 0.25) is 0 Å². The van der Waals surface area contributed by atoms with E-state index in [0.29, 0.717) is 6.54 Å². The average molecular weight is 340 g/mol. The molecule has 1 fully saturated rings. The van der Waals surface area contributed by atoms with Crippen LogP contribution >= 0.6 is 15.9 Å². The molecule has 3 nitrogen and oxygen atoms in total. The molecule has 0 spiro atoms. The minimum atomic E-state index is 0.287. The molecule has 1 aliphatic heterocycles. The Labute approximate surface area is 131 Å². The standard InChI is InChI=1S/C16H26BrN3/c1-16(2,3)20-8-6-19(7-9-20)12-14-5-4-13(11-18)10-15(14)17/h4-5,10H,6-9,11-12,18H2,1-3H3. The topological polar surface area (TPSA) is 32.5 Å². The lowest BCUT2D eigenvalue weighted by molar-refractivity contribution is 0.0590. The number of piperazine rings is 1. The van der Waals surface area contributed by atoms with E-state index >= 15 is 0 Å². The van der Waals surface area contributed by atoms with E-state index in [4.69, 9.17) is 5.73 Å². The van der Waals surface area contributed by atoms with Crippen LogP contribution in [0.25, 0.3) is 0 Å². The molecule has 1 saturated heterocycles. The Kier molecular flexibility index (Phi) is 5.24. The number of rotatable bonds is 3. The summed E-state index contributed by atoms with van der Waals surface area (Å²) >= 11 is 3.67. The Morgan fingerprint density at radius 3 is 2.30 bits per heavy atom. The lowest BCUT2D eigenvalue weighted by atomic mass is 10.0. The van der Waals surface area contributed by atoms with Gasteiger partial charge in [0.1, 0.15) is 0 Å². The molecule has 0 saturated carbocycles. The van der Waals surface area contributed by atoms with Crippen LogP contribution in [-0.4, -0.2) is 41.5 Å². The minimum absolute atomic E-state index is 0.287. The molecule has 4 heteroatoms. The molecule has 0 radical (unpaired) electrons. The van der Waals surface area contributed by atoms with E-state index < -0.39 is 0 Å². The van der Waals surface area contributed by atoms with E-state index in [1.807, 2.05) is 0 Å². The number of nitrogens with zero attached hydrogens (tertiary/aromatic N) is 2. The van der Waals surface area contributed by atoms with Gasteiger partial charge in [-0.2, -0.15) is 0 Å². The first-order valence-corrected chi connectivity index (χ1v) is 8.14. The first-order chi connectivity index (χ1) is 9.40. The van der Waals surface area contributed by atoms with Gasteiger partial charge in [0.05, 0.1) is 0 Å². The summed E-state index contributed by atoms with van der Waals surface area (Å²) in [6.45, 7) is 13.1. The molecule has 2 rings (SSSR count). The molecule has 0 aliphatic carbocycles. The van der Waals surface area contributed by atoms with Crippen LogP contribution in [0.15, 0.2) is 22.7 Å². The van der Waals surface area contributed by atoms with Gasteiger partial charge < -0.3 is 5.73 Å². The summed E-state index contributed by atoms with van der Waals surface area (Å²) < 4.78 is 1.18. The SMILES string of the molecule is CC(C)(C)N1CCN(Cc2ccc(CN)cc2Br)CC1. The molecule has 0 atom stereocenters. The second-order valence-electron chi connectivity index (χ2n) is 6.56. The van der Waals surface area contributed by atoms with Crippen molar-refractivity contribution in [3.05, 3.63) is 33.8 Å². The van der Waals surface area contributed by atoms with Crippen molar-refractivity contribution in [1.29, 1.82) is 0 Å². The summed E-state index contributed by atoms with van der Waals surface area (Å²) in [7, 11) is 0. The molecule has 1 aliphatic rings. The fourth-order valence-corrected chi connectivity index (χ4v) is 3.22. The van der Waals surface area contributed by atoms with Crippen LogP contribution in [-0.2, 0) is 13.1 Å². The molecule has 1 aromatic carbocycles. The predicted octanol–water partition coefficient (Wildman–Crippen LogP) is 2.82. The Morgan fingerprint density at radius 2 is 1.80 bits per heavy atom. The van der Waals surface area contributed by atoms with Crippen LogP contribution in [0.1, 0.15) is 31.9 Å². The third-order valence-electron chi connectivity index (χ3n) is 4.07. The number of benzene rings is 1. The first kappa shape index (κ1) is 16.0. The van der Waals surface area contributed by atoms with Gasteiger partial charge >= 0.3 is 0 Å². The quantitative estimate of drug-likeness (QED) is 0.918. The van der Waals surface area contributed by atoms with Crippen LogP contribution in [0.2, 0.25) is 0 Å². The Morgan fingerprint density at radius 1 is 1.15 bits per heavy atom. The highest BCUT2D eigenvalue weighted by Crippen LogP contribution is 2.22. The van der Waals surface area contributed by atoms with Gasteiger partial charge in [-0.25, -0.2) is 0 Å². The molecule has 2 N–H and O–H groups in total. The summed E-state index contributed by atoms with van der Waals surface area (Å²) in [5.74, 6) is 0. The van der Waals surface area contributed by atoms with Gasteiger partial charge in [0.15, 0.2) is 0 Å². The average Bonchev–Trinajstić information content (AvgIpc) is 2.40. The van der Waals surface area contributed by atoms with Crippen molar-refractivity contribution in [2.45, 2.75) is 39.4 Å². The lowest BCUT2D eigenvalue weighted by Gasteiger charge is -2.42. The third kappa shape index (κ3) is 4.04. The highest BCUT2D eigenvalue weighted by atomic mass is 79.9. The van der Waals surface area contributed by atoms with Crippen LogP contribution < -0.4 is 5.73 Å². The van der Waals surface area contributed by atoms with Crippen LogP contribution in [0.4, 0.5) is 0 Å². The molecule has 0 amide bonds. The number of nitrogens with two attached hydrogens (primary N) is 1. The molecule has 1 aromatic rings. The highest BCUT2D eigenvalue weighted by Gasteiger charge is 2.25. The maximum absolute atomic E-state index is 5.67. The number of hydrogen-bond donors (Lipinski definition) is 1. The summed E-state index contributed by atoms with van der Waals surface area (Å²) in [4.78, 5) is 5.10. The van der Waals surface area contributed by atoms with Crippen molar-refractivity contribution in [3.8, 4) is 0 Å². The van der Waals surface area contributed by atoms with Crippen molar-refractivity contribution in [2.75, 3.05) is 26.2 Å². The monoisotopic (exact) mass is 339 g/mol. The summed E-state index contributed by atoms with van der Waals surface area (Å²) in [5, 5.41) is 0. The maximum Gasteiger partial charge on any atom is 0.0246 e. The molecule has 112 valence electrons. The van der Waals surface area contributed by atoms with E-state index in [1.165, 1.54) is 15.6 Å². The second kappa shape index (κ2) is 6.56. The van der Waals surface area contributed by atoms with Crippen molar-refractivity contribution in [2.24, 2.45) is 5.73 Å². The molecule has 0 bridgehead atoms. The van der Waals surface area contributed by atoms with Gasteiger partial charge in [-0.1, -0.05) is 28.1 Å². The zero-order valence-electron chi connectivity index (χ0n) is 12.8. The van der Waals surface area contributed by atoms with Crippen molar-refractivity contribution in [1.82, 2.24) is 9.80 Å². The van der Waals surface area contributed by atoms with Gasteiger partial charge in [0, 0.05) is 49.3 Å². The maximum atomic E-state index is 5.67. The fraction of sp³-hybridized carbons (Fsp3) is 0.625. The van der Waals surface area contributed by atoms with Gasteiger partial charge in [0.25, 0.3) is 0 Å². The van der Waals surface area contributed by atoms with E-state index in [-0.39, 0.29) is 5.54 Å². The van der Waals surface area contributed by atoms with Gasteiger partial charge in [-0.15, -0.1) is 0 Å². The van der Waals surface area contributed by atoms with E-state index in [0.717, 1.165) is 32.7 Å². The molecule has 0 aromatic heterocycles. The van der Waals surface area contributed by atoms with Gasteiger partial charge in [-0.05, 0) is 38.0 Å². The van der Waals surface area contributed by atoms with E-state index in [2.05, 4.69) is 64.7 Å². The number of hydrogen-bond acceptors (Lipinski definition) is 3. The normalized spacial score (nSPS) is 18.4. The van der Waals surface area contributed by atoms with Gasteiger partial charge in [-0.3, -0.25) is 9.80 Å². The smallest absolute Gasteiger partial charge is 0.0246 e. The Balaban J connectivity index is 1.93. The zero-order chi connectivity index (χ0) is 14.8. The van der Waals surface area contributed by atoms with E-state index in [1.54, 1.807) is 0 Å². The first-order valence-electron chi connectivity index (χ1n) is 7.35. The van der Waals surface area contributed by atoms with Crippen molar-refractivity contribution >= 4 is 15.9 Å². The van der Waals surface area contributed by atoms with Crippen molar-refractivity contribution in [3.63, 3.8) is 0 Å². The zero-order valence-corrected chi connectivity index (χ0v) is 14.4. The summed E-state index contributed by atoms with van der Waals surface area (Å²) in [6.07, 6.45) is 0. The summed E-state index contributed by atoms with van der Waals surface area (Å²) in [6, 6.07) is 6.47. The molecular weight excluding hydrogens is 314 g/mol. The molecule has 20 heavy (non-hydrogen) atoms. The van der Waals surface area contributed by atoms with Crippen molar-refractivity contribution < 1.29 is 0 Å². The lowest BCUT2D eigenvalue weighted by Crippen LogP contribution is -2.53. The minimum Gasteiger partial charge on any atom is -0.326 e. The Bertz CT molecular complexity index is 446. The van der Waals surface area contributed by atoms with Crippen LogP contribution in [0.5, 0.6) is 0 Å². The highest BCUT2D eigenvalue weighted by molar-refractivity contribution is 9.10. The summed E-state index contributed by atoms with van der Waals surface area (Å²) in [5.41, 5.74) is 8.49. The van der Waals surface area contributed by atoms with E-state index in [9.17, 15) is 0 Å². The van der Waals surface area contributed by atoms with Crippen LogP contribution in [0, 0.1) is 0 Å².